The molecule has 0 saturated carbocycles. The Balaban J connectivity index is 1.87. The highest BCUT2D eigenvalue weighted by Crippen LogP contribution is 2.19. The Kier molecular flexibility index (Phi) is 8.25. The first kappa shape index (κ1) is 22.6. The van der Waals surface area contributed by atoms with Gasteiger partial charge in [0.05, 0.1) is 0 Å². The Morgan fingerprint density at radius 1 is 0.871 bits per heavy atom. The van der Waals surface area contributed by atoms with Crippen LogP contribution >= 0.6 is 11.6 Å². The molecule has 0 radical (unpaired) electrons. The van der Waals surface area contributed by atoms with Gasteiger partial charge < -0.3 is 10.2 Å². The Labute approximate surface area is 188 Å². The van der Waals surface area contributed by atoms with Crippen molar-refractivity contribution in [1.82, 2.24) is 10.2 Å². The predicted molar refractivity (Wildman–Crippen MR) is 125 cm³/mol. The van der Waals surface area contributed by atoms with Crippen molar-refractivity contribution in [2.24, 2.45) is 0 Å². The van der Waals surface area contributed by atoms with E-state index in [1.807, 2.05) is 78.9 Å². The van der Waals surface area contributed by atoms with E-state index in [1.165, 1.54) is 0 Å². The fourth-order valence-corrected chi connectivity index (χ4v) is 3.81. The minimum absolute atomic E-state index is 0.0617. The number of nitrogens with one attached hydrogen (secondary N) is 1. The zero-order chi connectivity index (χ0) is 22.1. The first-order valence-corrected chi connectivity index (χ1v) is 10.8. The van der Waals surface area contributed by atoms with Crippen LogP contribution in [0.4, 0.5) is 0 Å². The number of hydrogen-bond donors (Lipinski definition) is 1. The monoisotopic (exact) mass is 434 g/mol. The average Bonchev–Trinajstić information content (AvgIpc) is 2.80. The highest BCUT2D eigenvalue weighted by atomic mass is 35.5. The van der Waals surface area contributed by atoms with Crippen LogP contribution in [0, 0.1) is 0 Å². The van der Waals surface area contributed by atoms with E-state index in [-0.39, 0.29) is 11.8 Å². The first-order valence-electron chi connectivity index (χ1n) is 10.4. The quantitative estimate of drug-likeness (QED) is 0.532. The van der Waals surface area contributed by atoms with Crippen LogP contribution < -0.4 is 5.32 Å². The second kappa shape index (κ2) is 11.3. The van der Waals surface area contributed by atoms with Gasteiger partial charge in [0.15, 0.2) is 0 Å². The van der Waals surface area contributed by atoms with Crippen LogP contribution in [0.3, 0.4) is 0 Å². The zero-order valence-electron chi connectivity index (χ0n) is 17.6. The topological polar surface area (TPSA) is 49.4 Å². The molecule has 0 fully saturated rings. The maximum Gasteiger partial charge on any atom is 0.242 e. The lowest BCUT2D eigenvalue weighted by Crippen LogP contribution is -2.49. The Hall–Kier alpha value is -3.11. The van der Waals surface area contributed by atoms with Crippen LogP contribution in [0.2, 0.25) is 5.02 Å². The minimum atomic E-state index is -0.616. The van der Waals surface area contributed by atoms with Crippen molar-refractivity contribution < 1.29 is 9.59 Å². The summed E-state index contributed by atoms with van der Waals surface area (Å²) in [7, 11) is 1.60. The van der Waals surface area contributed by atoms with Crippen molar-refractivity contribution in [2.75, 3.05) is 7.05 Å². The van der Waals surface area contributed by atoms with E-state index in [4.69, 9.17) is 11.6 Å². The summed E-state index contributed by atoms with van der Waals surface area (Å²) in [6, 6.07) is 26.5. The number of rotatable bonds is 9. The number of hydrogen-bond acceptors (Lipinski definition) is 2. The summed E-state index contributed by atoms with van der Waals surface area (Å²) in [5.74, 6) is -0.243. The van der Waals surface area contributed by atoms with Gasteiger partial charge in [-0.15, -0.1) is 0 Å². The maximum absolute atomic E-state index is 13.4. The number of amides is 2. The van der Waals surface area contributed by atoms with Crippen molar-refractivity contribution in [2.45, 2.75) is 31.8 Å². The number of carbonyl (C=O) groups is 2. The molecule has 0 aliphatic heterocycles. The van der Waals surface area contributed by atoms with Crippen molar-refractivity contribution in [3.8, 4) is 0 Å². The number of nitrogens with zero attached hydrogens (tertiary/aromatic N) is 1. The standard InChI is InChI=1S/C26H27ClN2O2/c1-28-26(31)24(18-21-11-6-3-7-12-21)29(19-22-13-8-14-23(27)17-22)25(30)16-15-20-9-4-2-5-10-20/h2-14,17,24H,15-16,18-19H2,1H3,(H,28,31)/t24-/m1/s1. The van der Waals surface area contributed by atoms with Gasteiger partial charge in [-0.3, -0.25) is 9.59 Å². The van der Waals surface area contributed by atoms with Crippen LogP contribution in [-0.4, -0.2) is 29.8 Å². The van der Waals surface area contributed by atoms with Gasteiger partial charge in [0.2, 0.25) is 11.8 Å². The molecule has 1 atom stereocenters. The molecule has 31 heavy (non-hydrogen) atoms. The number of halogens is 1. The van der Waals surface area contributed by atoms with Gasteiger partial charge in [0.1, 0.15) is 6.04 Å². The van der Waals surface area contributed by atoms with E-state index >= 15 is 0 Å². The number of carbonyl (C=O) groups excluding carboxylic acids is 2. The third-order valence-corrected chi connectivity index (χ3v) is 5.46. The highest BCUT2D eigenvalue weighted by molar-refractivity contribution is 6.30. The van der Waals surface area contributed by atoms with Crippen LogP contribution in [0.1, 0.15) is 23.1 Å². The first-order chi connectivity index (χ1) is 15.1. The molecule has 0 unspecified atom stereocenters. The maximum atomic E-state index is 13.4. The normalized spacial score (nSPS) is 11.5. The molecule has 3 rings (SSSR count). The zero-order valence-corrected chi connectivity index (χ0v) is 18.4. The number of aryl methyl sites for hydroxylation is 1. The molecule has 2 amide bonds. The number of benzene rings is 3. The van der Waals surface area contributed by atoms with Gasteiger partial charge >= 0.3 is 0 Å². The lowest BCUT2D eigenvalue weighted by atomic mass is 10.0. The Morgan fingerprint density at radius 3 is 2.10 bits per heavy atom. The Morgan fingerprint density at radius 2 is 1.48 bits per heavy atom. The van der Waals surface area contributed by atoms with E-state index < -0.39 is 6.04 Å². The molecule has 0 aliphatic carbocycles. The van der Waals surface area contributed by atoms with E-state index in [0.717, 1.165) is 16.7 Å². The van der Waals surface area contributed by atoms with Gasteiger partial charge in [0.25, 0.3) is 0 Å². The van der Waals surface area contributed by atoms with E-state index in [1.54, 1.807) is 18.0 Å². The second-order valence-electron chi connectivity index (χ2n) is 7.46. The SMILES string of the molecule is CNC(=O)[C@@H](Cc1ccccc1)N(Cc1cccc(Cl)c1)C(=O)CCc1ccccc1. The summed E-state index contributed by atoms with van der Waals surface area (Å²) in [5.41, 5.74) is 2.99. The lowest BCUT2D eigenvalue weighted by molar-refractivity contribution is -0.141. The predicted octanol–water partition coefficient (Wildman–Crippen LogP) is 4.66. The summed E-state index contributed by atoms with van der Waals surface area (Å²) in [4.78, 5) is 27.9. The molecule has 160 valence electrons. The third-order valence-electron chi connectivity index (χ3n) is 5.23. The van der Waals surface area contributed by atoms with Crippen molar-refractivity contribution >= 4 is 23.4 Å². The van der Waals surface area contributed by atoms with Crippen LogP contribution in [0.25, 0.3) is 0 Å². The summed E-state index contributed by atoms with van der Waals surface area (Å²) < 4.78 is 0. The summed E-state index contributed by atoms with van der Waals surface area (Å²) in [6.45, 7) is 0.319. The van der Waals surface area contributed by atoms with E-state index in [9.17, 15) is 9.59 Å². The number of likely N-dealkylation sites (N-methyl/N-ethyl adjacent to an activating group) is 1. The minimum Gasteiger partial charge on any atom is -0.357 e. The molecule has 0 aliphatic rings. The van der Waals surface area contributed by atoms with Crippen LogP contribution in [0.5, 0.6) is 0 Å². The molecule has 0 spiro atoms. The molecular formula is C26H27ClN2O2. The molecule has 0 aromatic heterocycles. The van der Waals surface area contributed by atoms with Crippen LogP contribution in [-0.2, 0) is 29.0 Å². The largest absolute Gasteiger partial charge is 0.357 e. The van der Waals surface area contributed by atoms with Gasteiger partial charge in [-0.2, -0.15) is 0 Å². The van der Waals surface area contributed by atoms with Gasteiger partial charge in [-0.1, -0.05) is 84.4 Å². The molecule has 0 bridgehead atoms. The molecule has 3 aromatic rings. The Bertz CT molecular complexity index is 993. The third kappa shape index (κ3) is 6.69. The molecule has 4 nitrogen and oxygen atoms in total. The van der Waals surface area contributed by atoms with Crippen LogP contribution in [0.15, 0.2) is 84.9 Å². The molecule has 1 N–H and O–H groups in total. The van der Waals surface area contributed by atoms with E-state index in [2.05, 4.69) is 5.32 Å². The molecular weight excluding hydrogens is 408 g/mol. The second-order valence-corrected chi connectivity index (χ2v) is 7.89. The molecule has 3 aromatic carbocycles. The van der Waals surface area contributed by atoms with Gasteiger partial charge in [-0.25, -0.2) is 0 Å². The lowest BCUT2D eigenvalue weighted by Gasteiger charge is -2.31. The fourth-order valence-electron chi connectivity index (χ4n) is 3.59. The van der Waals surface area contributed by atoms with E-state index in [0.29, 0.717) is 30.8 Å². The summed E-state index contributed by atoms with van der Waals surface area (Å²) in [5, 5.41) is 3.34. The van der Waals surface area contributed by atoms with Crippen molar-refractivity contribution in [1.29, 1.82) is 0 Å². The summed E-state index contributed by atoms with van der Waals surface area (Å²) in [6.07, 6.45) is 1.39. The molecule has 0 saturated heterocycles. The van der Waals surface area contributed by atoms with Crippen molar-refractivity contribution in [3.63, 3.8) is 0 Å². The van der Waals surface area contributed by atoms with Gasteiger partial charge in [-0.05, 0) is 35.2 Å². The van der Waals surface area contributed by atoms with Gasteiger partial charge in [0, 0.05) is 31.5 Å². The average molecular weight is 435 g/mol. The summed E-state index contributed by atoms with van der Waals surface area (Å²) >= 11 is 6.17. The molecule has 5 heteroatoms. The smallest absolute Gasteiger partial charge is 0.242 e. The van der Waals surface area contributed by atoms with Crippen molar-refractivity contribution in [3.05, 3.63) is 107 Å². The molecule has 0 heterocycles. The fraction of sp³-hybridized carbons (Fsp3) is 0.231. The highest BCUT2D eigenvalue weighted by Gasteiger charge is 2.29.